The molecule has 4 nitrogen and oxygen atoms in total. The van der Waals surface area contributed by atoms with Crippen LogP contribution in [0.15, 0.2) is 36.5 Å². The average molecular weight is 351 g/mol. The molecule has 10 heteroatoms. The van der Waals surface area contributed by atoms with E-state index >= 15 is 0 Å². The van der Waals surface area contributed by atoms with Crippen molar-refractivity contribution in [2.75, 3.05) is 0 Å². The van der Waals surface area contributed by atoms with Gasteiger partial charge in [-0.2, -0.15) is 26.3 Å². The van der Waals surface area contributed by atoms with E-state index in [0.717, 1.165) is 12.3 Å². The fraction of sp³-hybridized carbons (Fsp3) is 0.143. The summed E-state index contributed by atoms with van der Waals surface area (Å²) < 4.78 is 81.3. The second kappa shape index (κ2) is 6.02. The molecule has 0 fully saturated rings. The number of aromatic carboxylic acids is 1. The predicted octanol–water partition coefficient (Wildman–Crippen LogP) is 4.61. The molecule has 1 N–H and O–H groups in total. The lowest BCUT2D eigenvalue weighted by Gasteiger charge is -2.14. The van der Waals surface area contributed by atoms with Crippen molar-refractivity contribution in [3.63, 3.8) is 0 Å². The van der Waals surface area contributed by atoms with Crippen LogP contribution in [0.1, 0.15) is 21.5 Å². The monoisotopic (exact) mass is 351 g/mol. The highest BCUT2D eigenvalue weighted by Crippen LogP contribution is 2.39. The van der Waals surface area contributed by atoms with Gasteiger partial charge in [0.1, 0.15) is 11.3 Å². The van der Waals surface area contributed by atoms with Crippen molar-refractivity contribution in [2.24, 2.45) is 0 Å². The summed E-state index contributed by atoms with van der Waals surface area (Å²) in [5.41, 5.74) is -3.68. The fourth-order valence-corrected chi connectivity index (χ4v) is 1.73. The number of carboxylic acids is 1. The number of alkyl halides is 6. The minimum atomic E-state index is -5.04. The summed E-state index contributed by atoms with van der Waals surface area (Å²) in [6.45, 7) is 0. The van der Waals surface area contributed by atoms with Crippen molar-refractivity contribution in [1.82, 2.24) is 4.98 Å². The molecule has 0 aliphatic carbocycles. The molecule has 2 rings (SSSR count). The van der Waals surface area contributed by atoms with Crippen LogP contribution in [0.2, 0.25) is 0 Å². The topological polar surface area (TPSA) is 59.4 Å². The number of halogens is 6. The first kappa shape index (κ1) is 17.6. The number of hydrogen-bond donors (Lipinski definition) is 1. The van der Waals surface area contributed by atoms with Gasteiger partial charge in [0.2, 0.25) is 5.88 Å². The van der Waals surface area contributed by atoms with Crippen LogP contribution in [-0.2, 0) is 12.4 Å². The van der Waals surface area contributed by atoms with Crippen LogP contribution in [0.25, 0.3) is 0 Å². The van der Waals surface area contributed by atoms with Crippen LogP contribution >= 0.6 is 0 Å². The van der Waals surface area contributed by atoms with Gasteiger partial charge in [-0.05, 0) is 30.3 Å². The Hall–Kier alpha value is -2.78. The third kappa shape index (κ3) is 3.94. The zero-order valence-corrected chi connectivity index (χ0v) is 11.4. The molecular formula is C14H7F6NO3. The molecule has 128 valence electrons. The Bertz CT molecular complexity index is 738. The van der Waals surface area contributed by atoms with Crippen LogP contribution in [0, 0.1) is 0 Å². The van der Waals surface area contributed by atoms with Crippen molar-refractivity contribution in [3.8, 4) is 11.6 Å². The molecule has 0 saturated carbocycles. The number of pyridine rings is 1. The smallest absolute Gasteiger partial charge is 0.416 e. The molecule has 0 spiro atoms. The molecule has 0 amide bonds. The third-order valence-corrected chi connectivity index (χ3v) is 2.78. The summed E-state index contributed by atoms with van der Waals surface area (Å²) in [4.78, 5) is 14.5. The van der Waals surface area contributed by atoms with Crippen LogP contribution in [0.4, 0.5) is 26.3 Å². The van der Waals surface area contributed by atoms with E-state index in [1.54, 1.807) is 0 Å². The Morgan fingerprint density at radius 2 is 1.54 bits per heavy atom. The number of benzene rings is 1. The Labute approximate surface area is 130 Å². The minimum absolute atomic E-state index is 0.0661. The van der Waals surface area contributed by atoms with Crippen LogP contribution in [0.3, 0.4) is 0 Å². The summed E-state index contributed by atoms with van der Waals surface area (Å²) >= 11 is 0. The highest BCUT2D eigenvalue weighted by molar-refractivity contribution is 5.90. The maximum absolute atomic E-state index is 12.7. The molecular weight excluding hydrogens is 344 g/mol. The molecule has 1 aromatic heterocycles. The van der Waals surface area contributed by atoms with E-state index in [1.165, 1.54) is 6.07 Å². The van der Waals surface area contributed by atoms with Crippen LogP contribution < -0.4 is 4.74 Å². The second-order valence-corrected chi connectivity index (χ2v) is 4.50. The van der Waals surface area contributed by atoms with Crippen molar-refractivity contribution in [1.29, 1.82) is 0 Å². The molecule has 1 heterocycles. The summed E-state index contributed by atoms with van der Waals surface area (Å²) in [7, 11) is 0. The number of nitrogens with zero attached hydrogens (tertiary/aromatic N) is 1. The van der Waals surface area contributed by atoms with E-state index < -0.39 is 46.6 Å². The standard InChI is InChI=1S/C14H7F6NO3/c15-13(16,17)7-4-8(14(18,19)20)6-9(5-7)24-11-10(12(22)23)2-1-3-21-11/h1-6H,(H,22,23). The maximum Gasteiger partial charge on any atom is 0.416 e. The van der Waals surface area contributed by atoms with Crippen LogP contribution in [0.5, 0.6) is 11.6 Å². The van der Waals surface area contributed by atoms with Crippen molar-refractivity contribution < 1.29 is 41.0 Å². The highest BCUT2D eigenvalue weighted by Gasteiger charge is 2.37. The first-order chi connectivity index (χ1) is 11.0. The Morgan fingerprint density at radius 1 is 1.00 bits per heavy atom. The van der Waals surface area contributed by atoms with Crippen molar-refractivity contribution in [2.45, 2.75) is 12.4 Å². The Balaban J connectivity index is 2.53. The number of carboxylic acid groups (broad SMARTS) is 1. The largest absolute Gasteiger partial charge is 0.477 e. The lowest BCUT2D eigenvalue weighted by molar-refractivity contribution is -0.143. The van der Waals surface area contributed by atoms with Gasteiger partial charge in [-0.25, -0.2) is 9.78 Å². The van der Waals surface area contributed by atoms with Gasteiger partial charge in [0.05, 0.1) is 11.1 Å². The summed E-state index contributed by atoms with van der Waals surface area (Å²) in [5, 5.41) is 8.93. The summed E-state index contributed by atoms with van der Waals surface area (Å²) in [6, 6.07) is 2.86. The third-order valence-electron chi connectivity index (χ3n) is 2.78. The first-order valence-electron chi connectivity index (χ1n) is 6.14. The zero-order valence-electron chi connectivity index (χ0n) is 11.4. The molecule has 2 aromatic rings. The zero-order chi connectivity index (χ0) is 18.1. The predicted molar refractivity (Wildman–Crippen MR) is 67.7 cm³/mol. The maximum atomic E-state index is 12.7. The lowest BCUT2D eigenvalue weighted by Crippen LogP contribution is -2.11. The van der Waals surface area contributed by atoms with Gasteiger partial charge in [0.15, 0.2) is 0 Å². The number of ether oxygens (including phenoxy) is 1. The van der Waals surface area contributed by atoms with E-state index in [1.807, 2.05) is 0 Å². The molecule has 1 aromatic carbocycles. The van der Waals surface area contributed by atoms with E-state index in [4.69, 9.17) is 9.84 Å². The second-order valence-electron chi connectivity index (χ2n) is 4.50. The average Bonchev–Trinajstić information content (AvgIpc) is 2.45. The molecule has 0 unspecified atom stereocenters. The highest BCUT2D eigenvalue weighted by atomic mass is 19.4. The van der Waals surface area contributed by atoms with E-state index in [0.29, 0.717) is 12.1 Å². The van der Waals surface area contributed by atoms with Gasteiger partial charge in [0.25, 0.3) is 0 Å². The molecule has 0 atom stereocenters. The SMILES string of the molecule is O=C(O)c1cccnc1Oc1cc(C(F)(F)F)cc(C(F)(F)F)c1. The van der Waals surface area contributed by atoms with Crippen molar-refractivity contribution >= 4 is 5.97 Å². The summed E-state index contributed by atoms with van der Waals surface area (Å²) in [5.74, 6) is -2.96. The normalized spacial score (nSPS) is 12.1. The molecule has 24 heavy (non-hydrogen) atoms. The van der Waals surface area contributed by atoms with Gasteiger partial charge in [0, 0.05) is 6.20 Å². The Kier molecular flexibility index (Phi) is 4.41. The van der Waals surface area contributed by atoms with Gasteiger partial charge in [-0.15, -0.1) is 0 Å². The molecule has 0 saturated heterocycles. The molecule has 0 bridgehead atoms. The summed E-state index contributed by atoms with van der Waals surface area (Å²) in [6.07, 6.45) is -9.00. The molecule has 0 aliphatic heterocycles. The van der Waals surface area contributed by atoms with E-state index in [2.05, 4.69) is 4.98 Å². The number of aromatic nitrogens is 1. The quantitative estimate of drug-likeness (QED) is 0.821. The van der Waals surface area contributed by atoms with Gasteiger partial charge in [-0.3, -0.25) is 0 Å². The minimum Gasteiger partial charge on any atom is -0.477 e. The number of rotatable bonds is 3. The van der Waals surface area contributed by atoms with Gasteiger partial charge < -0.3 is 9.84 Å². The van der Waals surface area contributed by atoms with Crippen LogP contribution in [-0.4, -0.2) is 16.1 Å². The Morgan fingerprint density at radius 3 is 2.00 bits per heavy atom. The number of carbonyl (C=O) groups is 1. The first-order valence-corrected chi connectivity index (χ1v) is 6.14. The van der Waals surface area contributed by atoms with E-state index in [9.17, 15) is 31.1 Å². The van der Waals surface area contributed by atoms with E-state index in [-0.39, 0.29) is 6.07 Å². The van der Waals surface area contributed by atoms with Gasteiger partial charge >= 0.3 is 18.3 Å². The molecule has 0 radical (unpaired) electrons. The van der Waals surface area contributed by atoms with Gasteiger partial charge in [-0.1, -0.05) is 0 Å². The molecule has 0 aliphatic rings. The number of hydrogen-bond acceptors (Lipinski definition) is 3. The lowest BCUT2D eigenvalue weighted by atomic mass is 10.1. The van der Waals surface area contributed by atoms with Crippen molar-refractivity contribution in [3.05, 3.63) is 53.2 Å². The fourth-order valence-electron chi connectivity index (χ4n) is 1.73.